The van der Waals surface area contributed by atoms with Crippen molar-refractivity contribution in [1.29, 1.82) is 0 Å². The third-order valence-electron chi connectivity index (χ3n) is 4.58. The number of nitrogens with one attached hydrogen (secondary N) is 3. The predicted octanol–water partition coefficient (Wildman–Crippen LogP) is 2.58. The van der Waals surface area contributed by atoms with Crippen LogP contribution in [0.2, 0.25) is 0 Å². The van der Waals surface area contributed by atoms with Gasteiger partial charge in [0.05, 0.1) is 11.5 Å². The summed E-state index contributed by atoms with van der Waals surface area (Å²) in [5.74, 6) is -1.11. The van der Waals surface area contributed by atoms with Gasteiger partial charge in [0.2, 0.25) is 5.91 Å². The van der Waals surface area contributed by atoms with E-state index >= 15 is 0 Å². The van der Waals surface area contributed by atoms with Gasteiger partial charge >= 0.3 is 6.09 Å². The molecule has 0 spiro atoms. The quantitative estimate of drug-likeness (QED) is 0.690. The monoisotopic (exact) mass is 386 g/mol. The molecule has 3 N–H and O–H groups in total. The van der Waals surface area contributed by atoms with Crippen molar-refractivity contribution in [1.82, 2.24) is 20.7 Å². The molecule has 1 saturated heterocycles. The van der Waals surface area contributed by atoms with Gasteiger partial charge in [0.25, 0.3) is 5.91 Å². The molecule has 8 nitrogen and oxygen atoms in total. The second-order valence-corrected chi connectivity index (χ2v) is 7.96. The van der Waals surface area contributed by atoms with Crippen LogP contribution < -0.4 is 10.9 Å². The second kappa shape index (κ2) is 7.92. The molecule has 1 aliphatic heterocycles. The van der Waals surface area contributed by atoms with E-state index in [1.54, 1.807) is 31.9 Å². The smallest absolute Gasteiger partial charge is 0.410 e. The van der Waals surface area contributed by atoms with Crippen molar-refractivity contribution in [3.8, 4) is 0 Å². The highest BCUT2D eigenvalue weighted by atomic mass is 16.6. The Balaban J connectivity index is 1.55. The molecule has 1 aliphatic rings. The molecule has 0 saturated carbocycles. The van der Waals surface area contributed by atoms with E-state index < -0.39 is 23.5 Å². The zero-order valence-electron chi connectivity index (χ0n) is 16.4. The van der Waals surface area contributed by atoms with Crippen LogP contribution >= 0.6 is 0 Å². The Hall–Kier alpha value is -3.03. The summed E-state index contributed by atoms with van der Waals surface area (Å²) in [5.41, 5.74) is 5.66. The molecule has 8 heteroatoms. The molecule has 1 fully saturated rings. The number of nitrogens with zero attached hydrogens (tertiary/aromatic N) is 1. The van der Waals surface area contributed by atoms with E-state index in [0.29, 0.717) is 24.9 Å². The molecule has 0 radical (unpaired) electrons. The van der Waals surface area contributed by atoms with E-state index in [4.69, 9.17) is 4.74 Å². The molecule has 3 amide bonds. The molecule has 1 unspecified atom stereocenters. The van der Waals surface area contributed by atoms with Crippen LogP contribution in [0.5, 0.6) is 0 Å². The third-order valence-corrected chi connectivity index (χ3v) is 4.58. The summed E-state index contributed by atoms with van der Waals surface area (Å²) >= 11 is 0. The number of benzene rings is 1. The number of aromatic amines is 1. The lowest BCUT2D eigenvalue weighted by Crippen LogP contribution is -2.50. The standard InChI is InChI=1S/C20H26N4O4/c1-20(2,3)28-19(27)24-10-6-7-13(12-24)17(25)22-23-18(26)15-11-21-16-9-5-4-8-14(15)16/h4-5,8-9,11,13,21H,6-7,10,12H2,1-3H3,(H,22,25)(H,23,26). The normalized spacial score (nSPS) is 17.2. The number of hydrogen-bond acceptors (Lipinski definition) is 4. The van der Waals surface area contributed by atoms with Gasteiger partial charge in [0.15, 0.2) is 0 Å². The van der Waals surface area contributed by atoms with Gasteiger partial charge < -0.3 is 14.6 Å². The van der Waals surface area contributed by atoms with E-state index in [9.17, 15) is 14.4 Å². The molecule has 2 heterocycles. The van der Waals surface area contributed by atoms with Crippen LogP contribution in [-0.4, -0.2) is 46.5 Å². The zero-order valence-corrected chi connectivity index (χ0v) is 16.4. The molecule has 28 heavy (non-hydrogen) atoms. The summed E-state index contributed by atoms with van der Waals surface area (Å²) < 4.78 is 5.38. The molecular formula is C20H26N4O4. The Morgan fingerprint density at radius 2 is 1.93 bits per heavy atom. The summed E-state index contributed by atoms with van der Waals surface area (Å²) in [6, 6.07) is 7.43. The van der Waals surface area contributed by atoms with Crippen LogP contribution in [0, 0.1) is 5.92 Å². The van der Waals surface area contributed by atoms with Crippen molar-refractivity contribution in [2.24, 2.45) is 5.92 Å². The summed E-state index contributed by atoms with van der Waals surface area (Å²) in [6.07, 6.45) is 2.53. The SMILES string of the molecule is CC(C)(C)OC(=O)N1CCCC(C(=O)NNC(=O)c2c[nH]c3ccccc23)C1. The first-order valence-corrected chi connectivity index (χ1v) is 9.39. The number of piperidine rings is 1. The van der Waals surface area contributed by atoms with Crippen molar-refractivity contribution < 1.29 is 19.1 Å². The molecular weight excluding hydrogens is 360 g/mol. The maximum atomic E-state index is 12.5. The first-order chi connectivity index (χ1) is 13.2. The number of carbonyl (C=O) groups is 3. The van der Waals surface area contributed by atoms with E-state index in [2.05, 4.69) is 15.8 Å². The Kier molecular flexibility index (Phi) is 5.58. The topological polar surface area (TPSA) is 104 Å². The number of H-pyrrole nitrogens is 1. The minimum atomic E-state index is -0.584. The van der Waals surface area contributed by atoms with Crippen molar-refractivity contribution >= 4 is 28.8 Å². The third kappa shape index (κ3) is 4.62. The minimum absolute atomic E-state index is 0.268. The van der Waals surface area contributed by atoms with Gasteiger partial charge in [0, 0.05) is 30.2 Å². The Labute approximate surface area is 163 Å². The van der Waals surface area contributed by atoms with Gasteiger partial charge in [-0.25, -0.2) is 4.79 Å². The lowest BCUT2D eigenvalue weighted by atomic mass is 9.98. The molecule has 0 aliphatic carbocycles. The van der Waals surface area contributed by atoms with Gasteiger partial charge in [-0.3, -0.25) is 20.4 Å². The van der Waals surface area contributed by atoms with Crippen molar-refractivity contribution in [2.75, 3.05) is 13.1 Å². The number of amides is 3. The number of para-hydroxylation sites is 1. The number of ether oxygens (including phenoxy) is 1. The summed E-state index contributed by atoms with van der Waals surface area (Å²) in [5, 5.41) is 0.781. The van der Waals surface area contributed by atoms with E-state index in [1.165, 1.54) is 0 Å². The van der Waals surface area contributed by atoms with E-state index in [-0.39, 0.29) is 12.5 Å². The highest BCUT2D eigenvalue weighted by Gasteiger charge is 2.31. The van der Waals surface area contributed by atoms with Gasteiger partial charge in [-0.1, -0.05) is 18.2 Å². The maximum Gasteiger partial charge on any atom is 0.410 e. The molecule has 0 bridgehead atoms. The maximum absolute atomic E-state index is 12.5. The number of hydrazine groups is 1. The molecule has 1 atom stereocenters. The number of aromatic nitrogens is 1. The lowest BCUT2D eigenvalue weighted by molar-refractivity contribution is -0.127. The van der Waals surface area contributed by atoms with E-state index in [1.807, 2.05) is 24.3 Å². The van der Waals surface area contributed by atoms with Gasteiger partial charge in [0.1, 0.15) is 5.60 Å². The fourth-order valence-corrected chi connectivity index (χ4v) is 3.23. The second-order valence-electron chi connectivity index (χ2n) is 7.96. The average molecular weight is 386 g/mol. The molecule has 1 aromatic heterocycles. The van der Waals surface area contributed by atoms with Crippen LogP contribution in [-0.2, 0) is 9.53 Å². The summed E-state index contributed by atoms with van der Waals surface area (Å²) in [7, 11) is 0. The molecule has 2 aromatic rings. The number of hydrogen-bond donors (Lipinski definition) is 3. The minimum Gasteiger partial charge on any atom is -0.444 e. The summed E-state index contributed by atoms with van der Waals surface area (Å²) in [4.78, 5) is 41.7. The van der Waals surface area contributed by atoms with Crippen molar-refractivity contribution in [3.05, 3.63) is 36.0 Å². The van der Waals surface area contributed by atoms with Crippen LogP contribution in [0.15, 0.2) is 30.5 Å². The van der Waals surface area contributed by atoms with Crippen LogP contribution in [0.3, 0.4) is 0 Å². The van der Waals surface area contributed by atoms with Gasteiger partial charge in [-0.15, -0.1) is 0 Å². The number of carbonyl (C=O) groups excluding carboxylic acids is 3. The van der Waals surface area contributed by atoms with Gasteiger partial charge in [-0.05, 0) is 39.7 Å². The fraction of sp³-hybridized carbons (Fsp3) is 0.450. The zero-order chi connectivity index (χ0) is 20.3. The number of fused-ring (bicyclic) bond motifs is 1. The molecule has 3 rings (SSSR count). The Bertz CT molecular complexity index is 884. The number of rotatable bonds is 2. The number of likely N-dealkylation sites (tertiary alicyclic amines) is 1. The van der Waals surface area contributed by atoms with Gasteiger partial charge in [-0.2, -0.15) is 0 Å². The average Bonchev–Trinajstić information content (AvgIpc) is 3.09. The Morgan fingerprint density at radius 3 is 2.68 bits per heavy atom. The first kappa shape index (κ1) is 19.7. The van der Waals surface area contributed by atoms with E-state index in [0.717, 1.165) is 10.9 Å². The van der Waals surface area contributed by atoms with Crippen LogP contribution in [0.4, 0.5) is 4.79 Å². The lowest BCUT2D eigenvalue weighted by Gasteiger charge is -2.33. The Morgan fingerprint density at radius 1 is 1.18 bits per heavy atom. The highest BCUT2D eigenvalue weighted by Crippen LogP contribution is 2.20. The first-order valence-electron chi connectivity index (χ1n) is 9.39. The van der Waals surface area contributed by atoms with Crippen molar-refractivity contribution in [2.45, 2.75) is 39.2 Å². The van der Waals surface area contributed by atoms with Crippen molar-refractivity contribution in [3.63, 3.8) is 0 Å². The summed E-state index contributed by atoms with van der Waals surface area (Å²) in [6.45, 7) is 6.24. The highest BCUT2D eigenvalue weighted by molar-refractivity contribution is 6.07. The van der Waals surface area contributed by atoms with Crippen LogP contribution in [0.25, 0.3) is 10.9 Å². The van der Waals surface area contributed by atoms with Crippen LogP contribution in [0.1, 0.15) is 44.0 Å². The predicted molar refractivity (Wildman–Crippen MR) is 104 cm³/mol. The fourth-order valence-electron chi connectivity index (χ4n) is 3.23. The molecule has 150 valence electrons. The largest absolute Gasteiger partial charge is 0.444 e. The molecule has 1 aromatic carbocycles.